The van der Waals surface area contributed by atoms with Crippen LogP contribution in [0.4, 0.5) is 0 Å². The summed E-state index contributed by atoms with van der Waals surface area (Å²) < 4.78 is 7.38. The molecule has 2 atom stereocenters. The zero-order chi connectivity index (χ0) is 12.3. The fraction of sp³-hybridized carbons (Fsp3) is 0.750. The largest absolute Gasteiger partial charge is 0.390 e. The number of aliphatic hydroxyl groups is 1. The lowest BCUT2D eigenvalue weighted by Gasteiger charge is -2.34. The van der Waals surface area contributed by atoms with Gasteiger partial charge >= 0.3 is 0 Å². The topological polar surface area (TPSA) is 50.5 Å². The maximum absolute atomic E-state index is 10.2. The van der Waals surface area contributed by atoms with Gasteiger partial charge in [0.15, 0.2) is 0 Å². The van der Waals surface area contributed by atoms with E-state index in [1.807, 2.05) is 13.2 Å². The summed E-state index contributed by atoms with van der Waals surface area (Å²) in [6.07, 6.45) is 3.81. The van der Waals surface area contributed by atoms with Gasteiger partial charge in [0, 0.05) is 32.8 Å². The minimum atomic E-state index is -0.450. The van der Waals surface area contributed by atoms with Gasteiger partial charge in [-0.1, -0.05) is 6.92 Å². The summed E-state index contributed by atoms with van der Waals surface area (Å²) in [7, 11) is 1.88. The van der Waals surface area contributed by atoms with Gasteiger partial charge in [0.25, 0.3) is 0 Å². The third kappa shape index (κ3) is 3.28. The highest BCUT2D eigenvalue weighted by Gasteiger charge is 2.26. The van der Waals surface area contributed by atoms with Crippen LogP contribution in [0.15, 0.2) is 12.4 Å². The van der Waals surface area contributed by atoms with Crippen LogP contribution in [0.5, 0.6) is 0 Å². The normalized spacial score (nSPS) is 23.8. The second-order valence-electron chi connectivity index (χ2n) is 4.60. The average molecular weight is 239 g/mol. The number of hydrogen-bond donors (Lipinski definition) is 1. The molecule has 5 nitrogen and oxygen atoms in total. The Morgan fingerprint density at radius 1 is 1.65 bits per heavy atom. The second-order valence-corrected chi connectivity index (χ2v) is 4.60. The highest BCUT2D eigenvalue weighted by atomic mass is 16.5. The standard InChI is InChI=1S/C12H21N3O2/c1-3-15-4-5-17-12(9-15)11(16)6-10-7-13-14(2)8-10/h7-8,11-12,16H,3-6,9H2,1-2H3. The van der Waals surface area contributed by atoms with Crippen LogP contribution in [0.3, 0.4) is 0 Å². The molecule has 1 aromatic heterocycles. The first kappa shape index (κ1) is 12.5. The molecule has 2 unspecified atom stereocenters. The molecule has 0 spiro atoms. The van der Waals surface area contributed by atoms with Gasteiger partial charge in [-0.3, -0.25) is 9.58 Å². The van der Waals surface area contributed by atoms with Gasteiger partial charge < -0.3 is 9.84 Å². The van der Waals surface area contributed by atoms with E-state index in [1.54, 1.807) is 10.9 Å². The molecule has 0 saturated carbocycles. The highest BCUT2D eigenvalue weighted by Crippen LogP contribution is 2.12. The van der Waals surface area contributed by atoms with Crippen LogP contribution in [0.25, 0.3) is 0 Å². The maximum Gasteiger partial charge on any atom is 0.0964 e. The lowest BCUT2D eigenvalue weighted by Crippen LogP contribution is -2.48. The molecule has 0 aromatic carbocycles. The van der Waals surface area contributed by atoms with Gasteiger partial charge in [-0.2, -0.15) is 5.10 Å². The Balaban J connectivity index is 1.88. The van der Waals surface area contributed by atoms with Crippen molar-refractivity contribution < 1.29 is 9.84 Å². The maximum atomic E-state index is 10.2. The van der Waals surface area contributed by atoms with Crippen LogP contribution < -0.4 is 0 Å². The van der Waals surface area contributed by atoms with Crippen LogP contribution in [0.2, 0.25) is 0 Å². The SMILES string of the molecule is CCN1CCOC(C(O)Cc2cnn(C)c2)C1. The van der Waals surface area contributed by atoms with Gasteiger partial charge in [0.1, 0.15) is 0 Å². The molecule has 1 fully saturated rings. The Kier molecular flexibility index (Phi) is 4.15. The van der Waals surface area contributed by atoms with E-state index in [4.69, 9.17) is 4.74 Å². The summed E-state index contributed by atoms with van der Waals surface area (Å²) in [5, 5.41) is 14.3. The molecule has 2 rings (SSSR count). The number of aliphatic hydroxyl groups excluding tert-OH is 1. The van der Waals surface area contributed by atoms with Crippen molar-refractivity contribution in [1.29, 1.82) is 0 Å². The third-order valence-corrected chi connectivity index (χ3v) is 3.26. The van der Waals surface area contributed by atoms with Crippen molar-refractivity contribution in [3.63, 3.8) is 0 Å². The molecule has 5 heteroatoms. The van der Waals surface area contributed by atoms with Crippen LogP contribution in [0.1, 0.15) is 12.5 Å². The van der Waals surface area contributed by atoms with Gasteiger partial charge in [0.05, 0.1) is 25.0 Å². The molecule has 1 N–H and O–H groups in total. The molecule has 96 valence electrons. The molecule has 0 amide bonds. The summed E-state index contributed by atoms with van der Waals surface area (Å²) in [5.41, 5.74) is 1.05. The van der Waals surface area contributed by atoms with Crippen molar-refractivity contribution in [3.8, 4) is 0 Å². The van der Waals surface area contributed by atoms with E-state index in [-0.39, 0.29) is 6.10 Å². The van der Waals surface area contributed by atoms with Crippen LogP contribution in [-0.4, -0.2) is 58.2 Å². The Morgan fingerprint density at radius 2 is 2.47 bits per heavy atom. The van der Waals surface area contributed by atoms with E-state index in [9.17, 15) is 5.11 Å². The predicted octanol–water partition coefficient (Wildman–Crippen LogP) is 0.0442. The number of nitrogens with zero attached hydrogens (tertiary/aromatic N) is 3. The molecule has 1 saturated heterocycles. The number of morpholine rings is 1. The number of hydrogen-bond acceptors (Lipinski definition) is 4. The molecule has 0 aliphatic carbocycles. The van der Waals surface area contributed by atoms with Crippen molar-refractivity contribution in [1.82, 2.24) is 14.7 Å². The summed E-state index contributed by atoms with van der Waals surface area (Å²) in [4.78, 5) is 2.31. The summed E-state index contributed by atoms with van der Waals surface area (Å²) in [5.74, 6) is 0. The number of likely N-dealkylation sites (N-methyl/N-ethyl adjacent to an activating group) is 1. The zero-order valence-corrected chi connectivity index (χ0v) is 10.5. The minimum absolute atomic E-state index is 0.0797. The zero-order valence-electron chi connectivity index (χ0n) is 10.5. The molecular formula is C12H21N3O2. The van der Waals surface area contributed by atoms with Crippen LogP contribution in [-0.2, 0) is 18.2 Å². The second kappa shape index (κ2) is 5.62. The Morgan fingerprint density at radius 3 is 3.12 bits per heavy atom. The minimum Gasteiger partial charge on any atom is -0.390 e. The van der Waals surface area contributed by atoms with E-state index < -0.39 is 6.10 Å². The van der Waals surface area contributed by atoms with Crippen molar-refractivity contribution in [2.24, 2.45) is 7.05 Å². The number of ether oxygens (including phenoxy) is 1. The number of aromatic nitrogens is 2. The summed E-state index contributed by atoms with van der Waals surface area (Å²) in [6.45, 7) is 5.64. The molecule has 1 aliphatic heterocycles. The summed E-state index contributed by atoms with van der Waals surface area (Å²) in [6, 6.07) is 0. The van der Waals surface area contributed by atoms with Gasteiger partial charge in [-0.15, -0.1) is 0 Å². The Hall–Kier alpha value is -0.910. The first-order chi connectivity index (χ1) is 8.19. The van der Waals surface area contributed by atoms with E-state index in [0.717, 1.165) is 25.2 Å². The lowest BCUT2D eigenvalue weighted by molar-refractivity contribution is -0.0867. The van der Waals surface area contributed by atoms with Gasteiger partial charge in [-0.25, -0.2) is 0 Å². The van der Waals surface area contributed by atoms with Gasteiger partial charge in [0.2, 0.25) is 0 Å². The molecule has 0 radical (unpaired) electrons. The van der Waals surface area contributed by atoms with Crippen molar-refractivity contribution in [2.75, 3.05) is 26.2 Å². The van der Waals surface area contributed by atoms with E-state index in [0.29, 0.717) is 13.0 Å². The highest BCUT2D eigenvalue weighted by molar-refractivity contribution is 5.06. The predicted molar refractivity (Wildman–Crippen MR) is 64.8 cm³/mol. The molecule has 17 heavy (non-hydrogen) atoms. The van der Waals surface area contributed by atoms with E-state index in [1.165, 1.54) is 0 Å². The monoisotopic (exact) mass is 239 g/mol. The third-order valence-electron chi connectivity index (χ3n) is 3.26. The van der Waals surface area contributed by atoms with Gasteiger partial charge in [-0.05, 0) is 12.1 Å². The average Bonchev–Trinajstić information content (AvgIpc) is 2.75. The van der Waals surface area contributed by atoms with Crippen molar-refractivity contribution in [3.05, 3.63) is 18.0 Å². The summed E-state index contributed by atoms with van der Waals surface area (Å²) >= 11 is 0. The lowest BCUT2D eigenvalue weighted by atomic mass is 10.1. The van der Waals surface area contributed by atoms with E-state index >= 15 is 0 Å². The Bertz CT molecular complexity index is 353. The number of rotatable bonds is 4. The fourth-order valence-corrected chi connectivity index (χ4v) is 2.20. The van der Waals surface area contributed by atoms with Crippen molar-refractivity contribution >= 4 is 0 Å². The molecule has 1 aromatic rings. The molecular weight excluding hydrogens is 218 g/mol. The first-order valence-electron chi connectivity index (χ1n) is 6.18. The van der Waals surface area contributed by atoms with E-state index in [2.05, 4.69) is 16.9 Å². The number of aryl methyl sites for hydroxylation is 1. The molecule has 0 bridgehead atoms. The fourth-order valence-electron chi connectivity index (χ4n) is 2.20. The molecule has 2 heterocycles. The van der Waals surface area contributed by atoms with Crippen LogP contribution in [0, 0.1) is 0 Å². The quantitative estimate of drug-likeness (QED) is 0.806. The molecule has 1 aliphatic rings. The Labute approximate surface area is 102 Å². The smallest absolute Gasteiger partial charge is 0.0964 e. The van der Waals surface area contributed by atoms with Crippen molar-refractivity contribution in [2.45, 2.75) is 25.6 Å². The first-order valence-corrected chi connectivity index (χ1v) is 6.18. The van der Waals surface area contributed by atoms with Crippen LogP contribution >= 0.6 is 0 Å².